The number of benzene rings is 4. The van der Waals surface area contributed by atoms with Crippen molar-refractivity contribution in [2.24, 2.45) is 0 Å². The van der Waals surface area contributed by atoms with Crippen molar-refractivity contribution in [2.45, 2.75) is 0 Å². The van der Waals surface area contributed by atoms with Crippen molar-refractivity contribution in [1.82, 2.24) is 0 Å². The standard InChI is InChI=1S/C14H12O3.C13H10O3/c1-17-11-7-8-12(13(15)9-11)14(16)10-5-3-2-4-6-10;14-10-6-7-11(12(15)8-10)13(16)9-4-2-1-3-5-9/h2-9,15H,1H3;1-8,14-15H. The van der Waals surface area contributed by atoms with Gasteiger partial charge in [0.2, 0.25) is 0 Å². The first-order valence-electron chi connectivity index (χ1n) is 9.99. The van der Waals surface area contributed by atoms with Crippen LogP contribution in [0.3, 0.4) is 0 Å². The summed E-state index contributed by atoms with van der Waals surface area (Å²) in [4.78, 5) is 24.0. The van der Waals surface area contributed by atoms with Crippen LogP contribution >= 0.6 is 0 Å². The van der Waals surface area contributed by atoms with Gasteiger partial charge in [0.25, 0.3) is 0 Å². The Morgan fingerprint density at radius 1 is 0.606 bits per heavy atom. The van der Waals surface area contributed by atoms with Gasteiger partial charge >= 0.3 is 0 Å². The zero-order valence-electron chi connectivity index (χ0n) is 17.8. The average molecular weight is 442 g/mol. The number of aromatic hydroxyl groups is 3. The summed E-state index contributed by atoms with van der Waals surface area (Å²) >= 11 is 0. The van der Waals surface area contributed by atoms with Gasteiger partial charge in [0.05, 0.1) is 18.2 Å². The summed E-state index contributed by atoms with van der Waals surface area (Å²) < 4.78 is 4.96. The Morgan fingerprint density at radius 2 is 1.06 bits per heavy atom. The Morgan fingerprint density at radius 3 is 1.48 bits per heavy atom. The Bertz CT molecular complexity index is 1250. The van der Waals surface area contributed by atoms with E-state index in [1.165, 1.54) is 25.3 Å². The Balaban J connectivity index is 0.000000186. The SMILES string of the molecule is COc1ccc(C(=O)c2ccccc2)c(O)c1.O=C(c1ccccc1)c1ccc(O)cc1O. The van der Waals surface area contributed by atoms with Crippen molar-refractivity contribution < 1.29 is 29.6 Å². The van der Waals surface area contributed by atoms with Crippen LogP contribution in [0.4, 0.5) is 0 Å². The molecule has 3 N–H and O–H groups in total. The molecule has 4 aromatic carbocycles. The molecule has 33 heavy (non-hydrogen) atoms. The molecule has 0 saturated heterocycles. The highest BCUT2D eigenvalue weighted by molar-refractivity contribution is 6.11. The summed E-state index contributed by atoms with van der Waals surface area (Å²) in [5.74, 6) is -0.301. The monoisotopic (exact) mass is 442 g/mol. The summed E-state index contributed by atoms with van der Waals surface area (Å²) in [7, 11) is 1.51. The normalized spacial score (nSPS) is 9.97. The maximum Gasteiger partial charge on any atom is 0.196 e. The number of phenolic OH excluding ortho intramolecular Hbond substituents is 3. The molecule has 0 aromatic heterocycles. The van der Waals surface area contributed by atoms with E-state index in [4.69, 9.17) is 9.84 Å². The molecule has 0 heterocycles. The Labute approximate surface area is 191 Å². The average Bonchev–Trinajstić information content (AvgIpc) is 2.84. The van der Waals surface area contributed by atoms with Gasteiger partial charge in [0.15, 0.2) is 11.6 Å². The Hall–Kier alpha value is -4.58. The predicted molar refractivity (Wildman–Crippen MR) is 124 cm³/mol. The third-order valence-electron chi connectivity index (χ3n) is 4.75. The smallest absolute Gasteiger partial charge is 0.196 e. The van der Waals surface area contributed by atoms with E-state index in [0.29, 0.717) is 16.9 Å². The van der Waals surface area contributed by atoms with Crippen molar-refractivity contribution in [3.63, 3.8) is 0 Å². The molecule has 0 atom stereocenters. The number of ether oxygens (including phenoxy) is 1. The van der Waals surface area contributed by atoms with Gasteiger partial charge in [-0.15, -0.1) is 0 Å². The van der Waals surface area contributed by atoms with Gasteiger partial charge in [0.1, 0.15) is 23.0 Å². The van der Waals surface area contributed by atoms with E-state index in [1.54, 1.807) is 60.7 Å². The second-order valence-corrected chi connectivity index (χ2v) is 6.97. The number of hydrogen-bond acceptors (Lipinski definition) is 6. The van der Waals surface area contributed by atoms with Crippen LogP contribution in [0.2, 0.25) is 0 Å². The third-order valence-corrected chi connectivity index (χ3v) is 4.75. The van der Waals surface area contributed by atoms with Gasteiger partial charge < -0.3 is 20.1 Å². The molecule has 0 fully saturated rings. The van der Waals surface area contributed by atoms with E-state index in [1.807, 2.05) is 12.1 Å². The van der Waals surface area contributed by atoms with Crippen molar-refractivity contribution in [3.8, 4) is 23.0 Å². The molecule has 0 bridgehead atoms. The first-order chi connectivity index (χ1) is 15.9. The molecule has 6 heteroatoms. The van der Waals surface area contributed by atoms with Crippen molar-refractivity contribution >= 4 is 11.6 Å². The second kappa shape index (κ2) is 10.6. The van der Waals surface area contributed by atoms with E-state index < -0.39 is 0 Å². The minimum Gasteiger partial charge on any atom is -0.508 e. The molecular formula is C27H22O6. The molecule has 0 aliphatic carbocycles. The molecule has 166 valence electrons. The van der Waals surface area contributed by atoms with Gasteiger partial charge in [-0.2, -0.15) is 0 Å². The molecule has 0 radical (unpaired) electrons. The maximum atomic E-state index is 12.1. The number of ketones is 2. The van der Waals surface area contributed by atoms with Gasteiger partial charge in [-0.3, -0.25) is 9.59 Å². The largest absolute Gasteiger partial charge is 0.508 e. The molecule has 0 spiro atoms. The second-order valence-electron chi connectivity index (χ2n) is 6.97. The summed E-state index contributed by atoms with van der Waals surface area (Å²) in [6, 6.07) is 26.1. The van der Waals surface area contributed by atoms with E-state index >= 15 is 0 Å². The molecule has 0 aliphatic heterocycles. The van der Waals surface area contributed by atoms with Gasteiger partial charge in [-0.1, -0.05) is 60.7 Å². The topological polar surface area (TPSA) is 104 Å². The predicted octanol–water partition coefficient (Wildman–Crippen LogP) is 4.96. The molecule has 0 aliphatic rings. The highest BCUT2D eigenvalue weighted by Crippen LogP contribution is 2.26. The van der Waals surface area contributed by atoms with Crippen LogP contribution in [0.1, 0.15) is 31.8 Å². The first kappa shape index (κ1) is 23.1. The third kappa shape index (κ3) is 5.77. The zero-order valence-corrected chi connectivity index (χ0v) is 17.8. The number of carbonyl (C=O) groups excluding carboxylic acids is 2. The molecule has 4 aromatic rings. The van der Waals surface area contributed by atoms with Crippen LogP contribution in [-0.2, 0) is 0 Å². The fraction of sp³-hybridized carbons (Fsp3) is 0.0370. The van der Waals surface area contributed by atoms with E-state index in [-0.39, 0.29) is 39.9 Å². The molecule has 4 rings (SSSR count). The molecule has 0 saturated carbocycles. The summed E-state index contributed by atoms with van der Waals surface area (Å²) in [6.07, 6.45) is 0. The van der Waals surface area contributed by atoms with Crippen LogP contribution in [0.25, 0.3) is 0 Å². The number of carbonyl (C=O) groups is 2. The minimum atomic E-state index is -0.266. The van der Waals surface area contributed by atoms with Crippen molar-refractivity contribution in [3.05, 3.63) is 119 Å². The molecule has 6 nitrogen and oxygen atoms in total. The van der Waals surface area contributed by atoms with E-state index in [2.05, 4.69) is 0 Å². The number of rotatable bonds is 5. The van der Waals surface area contributed by atoms with Crippen molar-refractivity contribution in [2.75, 3.05) is 7.11 Å². The lowest BCUT2D eigenvalue weighted by Gasteiger charge is -2.06. The highest BCUT2D eigenvalue weighted by Gasteiger charge is 2.14. The van der Waals surface area contributed by atoms with Crippen LogP contribution in [0.15, 0.2) is 97.1 Å². The highest BCUT2D eigenvalue weighted by atomic mass is 16.5. The molecular weight excluding hydrogens is 420 g/mol. The van der Waals surface area contributed by atoms with Crippen LogP contribution < -0.4 is 4.74 Å². The van der Waals surface area contributed by atoms with Crippen LogP contribution in [0.5, 0.6) is 23.0 Å². The lowest BCUT2D eigenvalue weighted by molar-refractivity contribution is 0.102. The van der Waals surface area contributed by atoms with E-state index in [9.17, 15) is 19.8 Å². The van der Waals surface area contributed by atoms with E-state index in [0.717, 1.165) is 6.07 Å². The van der Waals surface area contributed by atoms with Gasteiger partial charge in [-0.25, -0.2) is 0 Å². The maximum absolute atomic E-state index is 12.1. The lowest BCUT2D eigenvalue weighted by atomic mass is 10.0. The summed E-state index contributed by atoms with van der Waals surface area (Å²) in [6.45, 7) is 0. The summed E-state index contributed by atoms with van der Waals surface area (Å²) in [5, 5.41) is 28.4. The van der Waals surface area contributed by atoms with Crippen LogP contribution in [0, 0.1) is 0 Å². The van der Waals surface area contributed by atoms with Gasteiger partial charge in [-0.05, 0) is 24.3 Å². The van der Waals surface area contributed by atoms with Crippen LogP contribution in [-0.4, -0.2) is 34.0 Å². The quantitative estimate of drug-likeness (QED) is 0.378. The van der Waals surface area contributed by atoms with Gasteiger partial charge in [0, 0.05) is 23.3 Å². The fourth-order valence-electron chi connectivity index (χ4n) is 3.03. The number of hydrogen-bond donors (Lipinski definition) is 3. The molecule has 0 unspecified atom stereocenters. The zero-order chi connectivity index (χ0) is 23.8. The Kier molecular flexibility index (Phi) is 7.44. The van der Waals surface area contributed by atoms with Crippen molar-refractivity contribution in [1.29, 1.82) is 0 Å². The fourth-order valence-corrected chi connectivity index (χ4v) is 3.03. The lowest BCUT2D eigenvalue weighted by Crippen LogP contribution is -2.01. The first-order valence-corrected chi connectivity index (χ1v) is 9.99. The molecule has 0 amide bonds. The number of methoxy groups -OCH3 is 1. The minimum absolute atomic E-state index is 0.0675. The summed E-state index contributed by atoms with van der Waals surface area (Å²) in [5.41, 5.74) is 1.51. The number of phenols is 3.